The highest BCUT2D eigenvalue weighted by atomic mass is 32.2. The quantitative estimate of drug-likeness (QED) is 0.774. The molecule has 0 aliphatic heterocycles. The molecule has 0 fully saturated rings. The minimum absolute atomic E-state index is 0.111. The van der Waals surface area contributed by atoms with E-state index >= 15 is 0 Å². The van der Waals surface area contributed by atoms with E-state index in [1.165, 1.54) is 17.3 Å². The van der Waals surface area contributed by atoms with Crippen LogP contribution in [0, 0.1) is 0 Å². The van der Waals surface area contributed by atoms with Gasteiger partial charge in [-0.2, -0.15) is 0 Å². The molecule has 0 saturated heterocycles. The van der Waals surface area contributed by atoms with Gasteiger partial charge in [0.25, 0.3) is 0 Å². The second-order valence-electron chi connectivity index (χ2n) is 4.05. The normalized spacial score (nSPS) is 10.6. The highest BCUT2D eigenvalue weighted by Crippen LogP contribution is 2.16. The minimum Gasteiger partial charge on any atom is -0.298 e. The number of ketones is 1. The Morgan fingerprint density at radius 1 is 1.28 bits per heavy atom. The number of aromatic nitrogens is 3. The first-order chi connectivity index (χ1) is 8.70. The molecule has 1 heterocycles. The fraction of sp³-hybridized carbons (Fsp3) is 0.308. The first kappa shape index (κ1) is 12.8. The van der Waals surface area contributed by atoms with Crippen LogP contribution in [-0.2, 0) is 17.8 Å². The molecule has 0 amide bonds. The number of rotatable bonds is 5. The molecule has 0 spiro atoms. The molecule has 0 unspecified atom stereocenters. The molecule has 2 rings (SSSR count). The zero-order chi connectivity index (χ0) is 13.0. The highest BCUT2D eigenvalue weighted by molar-refractivity contribution is 7.98. The second kappa shape index (κ2) is 5.82. The summed E-state index contributed by atoms with van der Waals surface area (Å²) in [6.45, 7) is 1.92. The SMILES string of the molecule is CSc1nnc(Cc2ccccc2)n1CC(C)=O. The Kier molecular flexibility index (Phi) is 4.15. The van der Waals surface area contributed by atoms with Gasteiger partial charge in [-0.15, -0.1) is 10.2 Å². The standard InChI is InChI=1S/C13H15N3OS/c1-10(17)9-16-12(14-15-13(16)18-2)8-11-6-4-3-5-7-11/h3-7H,8-9H2,1-2H3. The van der Waals surface area contributed by atoms with E-state index in [4.69, 9.17) is 0 Å². The molecule has 0 bridgehead atoms. The van der Waals surface area contributed by atoms with Crippen molar-refractivity contribution in [1.82, 2.24) is 14.8 Å². The van der Waals surface area contributed by atoms with Crippen LogP contribution in [0.4, 0.5) is 0 Å². The predicted molar refractivity (Wildman–Crippen MR) is 71.7 cm³/mol. The van der Waals surface area contributed by atoms with Crippen LogP contribution in [0.1, 0.15) is 18.3 Å². The lowest BCUT2D eigenvalue weighted by Crippen LogP contribution is -2.11. The Morgan fingerprint density at radius 3 is 2.61 bits per heavy atom. The number of hydrogen-bond donors (Lipinski definition) is 0. The van der Waals surface area contributed by atoms with Gasteiger partial charge in [0.15, 0.2) is 5.16 Å². The van der Waals surface area contributed by atoms with Gasteiger partial charge in [0, 0.05) is 6.42 Å². The summed E-state index contributed by atoms with van der Waals surface area (Å²) in [5.41, 5.74) is 1.17. The molecule has 0 atom stereocenters. The summed E-state index contributed by atoms with van der Waals surface area (Å²) in [5.74, 6) is 0.945. The third-order valence-corrected chi connectivity index (χ3v) is 3.23. The van der Waals surface area contributed by atoms with E-state index in [0.717, 1.165) is 11.0 Å². The van der Waals surface area contributed by atoms with Crippen LogP contribution in [0.15, 0.2) is 35.5 Å². The van der Waals surface area contributed by atoms with Crippen molar-refractivity contribution in [1.29, 1.82) is 0 Å². The maximum Gasteiger partial charge on any atom is 0.191 e. The Labute approximate surface area is 110 Å². The van der Waals surface area contributed by atoms with Crippen molar-refractivity contribution in [3.8, 4) is 0 Å². The van der Waals surface area contributed by atoms with E-state index in [-0.39, 0.29) is 5.78 Å². The van der Waals surface area contributed by atoms with Crippen molar-refractivity contribution in [3.05, 3.63) is 41.7 Å². The Balaban J connectivity index is 2.27. The molecule has 0 saturated carbocycles. The summed E-state index contributed by atoms with van der Waals surface area (Å²) in [5, 5.41) is 9.07. The molecule has 0 aliphatic carbocycles. The predicted octanol–water partition coefficient (Wildman–Crippen LogP) is 2.18. The van der Waals surface area contributed by atoms with Gasteiger partial charge in [0.1, 0.15) is 11.6 Å². The Morgan fingerprint density at radius 2 is 2.00 bits per heavy atom. The van der Waals surface area contributed by atoms with Gasteiger partial charge in [0.2, 0.25) is 0 Å². The van der Waals surface area contributed by atoms with Crippen molar-refractivity contribution in [2.24, 2.45) is 0 Å². The number of benzene rings is 1. The topological polar surface area (TPSA) is 47.8 Å². The molecule has 0 aliphatic rings. The van der Waals surface area contributed by atoms with E-state index in [1.807, 2.05) is 41.2 Å². The Bertz CT molecular complexity index is 536. The van der Waals surface area contributed by atoms with Crippen molar-refractivity contribution in [3.63, 3.8) is 0 Å². The van der Waals surface area contributed by atoms with Crippen molar-refractivity contribution in [2.75, 3.05) is 6.26 Å². The molecule has 0 N–H and O–H groups in total. The van der Waals surface area contributed by atoms with Crippen LogP contribution in [0.5, 0.6) is 0 Å². The fourth-order valence-corrected chi connectivity index (χ4v) is 2.27. The van der Waals surface area contributed by atoms with Gasteiger partial charge in [0.05, 0.1) is 6.54 Å². The average molecular weight is 261 g/mol. The molecular weight excluding hydrogens is 246 g/mol. The van der Waals surface area contributed by atoms with Crippen LogP contribution in [-0.4, -0.2) is 26.8 Å². The van der Waals surface area contributed by atoms with Crippen LogP contribution in [0.25, 0.3) is 0 Å². The van der Waals surface area contributed by atoms with Crippen LogP contribution < -0.4 is 0 Å². The van der Waals surface area contributed by atoms with E-state index in [9.17, 15) is 4.79 Å². The van der Waals surface area contributed by atoms with Gasteiger partial charge in [-0.1, -0.05) is 42.1 Å². The minimum atomic E-state index is 0.111. The van der Waals surface area contributed by atoms with Crippen molar-refractivity contribution in [2.45, 2.75) is 25.0 Å². The van der Waals surface area contributed by atoms with Gasteiger partial charge in [-0.3, -0.25) is 9.36 Å². The van der Waals surface area contributed by atoms with Gasteiger partial charge in [-0.25, -0.2) is 0 Å². The molecule has 5 heteroatoms. The van der Waals surface area contributed by atoms with Crippen LogP contribution in [0.3, 0.4) is 0 Å². The number of hydrogen-bond acceptors (Lipinski definition) is 4. The molecule has 2 aromatic rings. The van der Waals surface area contributed by atoms with E-state index in [0.29, 0.717) is 13.0 Å². The molecule has 18 heavy (non-hydrogen) atoms. The monoisotopic (exact) mass is 261 g/mol. The third-order valence-electron chi connectivity index (χ3n) is 2.56. The molecule has 94 valence electrons. The lowest BCUT2D eigenvalue weighted by molar-refractivity contribution is -0.117. The summed E-state index contributed by atoms with van der Waals surface area (Å²) >= 11 is 1.51. The molecule has 1 aromatic carbocycles. The van der Waals surface area contributed by atoms with Gasteiger partial charge in [-0.05, 0) is 18.7 Å². The highest BCUT2D eigenvalue weighted by Gasteiger charge is 2.12. The number of thioether (sulfide) groups is 1. The van der Waals surface area contributed by atoms with Crippen molar-refractivity contribution < 1.29 is 4.79 Å². The zero-order valence-electron chi connectivity index (χ0n) is 10.5. The summed E-state index contributed by atoms with van der Waals surface area (Å²) in [4.78, 5) is 11.3. The molecule has 1 aromatic heterocycles. The van der Waals surface area contributed by atoms with Gasteiger partial charge >= 0.3 is 0 Å². The van der Waals surface area contributed by atoms with E-state index in [1.54, 1.807) is 6.92 Å². The largest absolute Gasteiger partial charge is 0.298 e. The summed E-state index contributed by atoms with van der Waals surface area (Å²) in [6, 6.07) is 10.1. The number of carbonyl (C=O) groups is 1. The van der Waals surface area contributed by atoms with E-state index in [2.05, 4.69) is 10.2 Å². The smallest absolute Gasteiger partial charge is 0.191 e. The second-order valence-corrected chi connectivity index (χ2v) is 4.83. The first-order valence-corrected chi connectivity index (χ1v) is 6.92. The third kappa shape index (κ3) is 2.98. The number of nitrogens with zero attached hydrogens (tertiary/aromatic N) is 3. The molecular formula is C13H15N3OS. The zero-order valence-corrected chi connectivity index (χ0v) is 11.3. The lowest BCUT2D eigenvalue weighted by atomic mass is 10.1. The summed E-state index contributed by atoms with van der Waals surface area (Å²) < 4.78 is 1.89. The van der Waals surface area contributed by atoms with E-state index < -0.39 is 0 Å². The first-order valence-electron chi connectivity index (χ1n) is 5.70. The van der Waals surface area contributed by atoms with Crippen LogP contribution in [0.2, 0.25) is 0 Å². The fourth-order valence-electron chi connectivity index (χ4n) is 1.76. The number of carbonyl (C=O) groups excluding carboxylic acids is 1. The lowest BCUT2D eigenvalue weighted by Gasteiger charge is -2.06. The number of Topliss-reactive ketones (excluding diaryl/α,β-unsaturated/α-hetero) is 1. The van der Waals surface area contributed by atoms with Crippen LogP contribution >= 0.6 is 11.8 Å². The molecule has 4 nitrogen and oxygen atoms in total. The molecule has 0 radical (unpaired) electrons. The maximum atomic E-state index is 11.3. The summed E-state index contributed by atoms with van der Waals surface area (Å²) in [7, 11) is 0. The average Bonchev–Trinajstić information content (AvgIpc) is 2.72. The maximum absolute atomic E-state index is 11.3. The Hall–Kier alpha value is -1.62. The summed E-state index contributed by atoms with van der Waals surface area (Å²) in [6.07, 6.45) is 2.63. The van der Waals surface area contributed by atoms with Gasteiger partial charge < -0.3 is 0 Å². The van der Waals surface area contributed by atoms with Crippen molar-refractivity contribution >= 4 is 17.5 Å².